The molecule has 0 atom stereocenters. The molecule has 0 N–H and O–H groups in total. The Morgan fingerprint density at radius 2 is 1.68 bits per heavy atom. The minimum absolute atomic E-state index is 0.0632. The van der Waals surface area contributed by atoms with Crippen LogP contribution in [0.25, 0.3) is 11.6 Å². The maximum absolute atomic E-state index is 13.7. The molecule has 0 amide bonds. The van der Waals surface area contributed by atoms with Crippen LogP contribution in [-0.2, 0) is 0 Å². The summed E-state index contributed by atoms with van der Waals surface area (Å²) in [5.41, 5.74) is 0.963. The highest BCUT2D eigenvalue weighted by Crippen LogP contribution is 2.22. The van der Waals surface area contributed by atoms with Crippen LogP contribution in [-0.4, -0.2) is 5.97 Å². The maximum atomic E-state index is 13.7. The second kappa shape index (κ2) is 8.23. The molecule has 0 bridgehead atoms. The second-order valence-corrected chi connectivity index (χ2v) is 5.72. The molecule has 3 nitrogen and oxygen atoms in total. The molecule has 0 radical (unpaired) electrons. The zero-order valence-electron chi connectivity index (χ0n) is 14.3. The summed E-state index contributed by atoms with van der Waals surface area (Å²) in [5.74, 6) is -5.86. The van der Waals surface area contributed by atoms with Crippen molar-refractivity contribution in [1.29, 1.82) is 5.26 Å². The molecule has 28 heavy (non-hydrogen) atoms. The summed E-state index contributed by atoms with van der Waals surface area (Å²) >= 11 is 0. The van der Waals surface area contributed by atoms with E-state index >= 15 is 0 Å². The maximum Gasteiger partial charge on any atom is 0.346 e. The van der Waals surface area contributed by atoms with E-state index in [2.05, 4.69) is 6.07 Å². The summed E-state index contributed by atoms with van der Waals surface area (Å²) < 4.78 is 45.1. The van der Waals surface area contributed by atoms with Gasteiger partial charge >= 0.3 is 5.97 Å². The first-order valence-corrected chi connectivity index (χ1v) is 8.12. The lowest BCUT2D eigenvalue weighted by Crippen LogP contribution is -2.12. The van der Waals surface area contributed by atoms with Crippen molar-refractivity contribution < 1.29 is 22.7 Å². The van der Waals surface area contributed by atoms with Crippen molar-refractivity contribution in [3.8, 4) is 11.8 Å². The van der Waals surface area contributed by atoms with Crippen molar-refractivity contribution in [2.24, 2.45) is 0 Å². The standard InChI is InChI=1S/C22H12F3NO2/c23-19-10-9-18(20(24)21(19)25)22(27)28-17-8-4-5-14(12-17)11-16(13-26)15-6-2-1-3-7-15/h1-12H/b16-11-. The zero-order valence-corrected chi connectivity index (χ0v) is 14.3. The number of allylic oxidation sites excluding steroid dienone is 1. The van der Waals surface area contributed by atoms with E-state index in [1.165, 1.54) is 12.1 Å². The van der Waals surface area contributed by atoms with E-state index in [0.717, 1.165) is 11.6 Å². The number of rotatable bonds is 4. The first kappa shape index (κ1) is 18.9. The molecular formula is C22H12F3NO2. The Hall–Kier alpha value is -3.85. The molecule has 3 rings (SSSR count). The largest absolute Gasteiger partial charge is 0.423 e. The average molecular weight is 379 g/mol. The average Bonchev–Trinajstić information content (AvgIpc) is 2.71. The molecule has 0 spiro atoms. The van der Waals surface area contributed by atoms with Gasteiger partial charge in [0, 0.05) is 0 Å². The van der Waals surface area contributed by atoms with Gasteiger partial charge in [-0.05, 0) is 41.5 Å². The SMILES string of the molecule is N#C/C(=C/c1cccc(OC(=O)c2ccc(F)c(F)c2F)c1)c1ccccc1. The van der Waals surface area contributed by atoms with E-state index in [0.29, 0.717) is 17.2 Å². The van der Waals surface area contributed by atoms with Crippen molar-refractivity contribution in [2.75, 3.05) is 0 Å². The fourth-order valence-electron chi connectivity index (χ4n) is 2.48. The third kappa shape index (κ3) is 4.10. The van der Waals surface area contributed by atoms with Crippen LogP contribution in [0.5, 0.6) is 5.75 Å². The molecule has 0 aliphatic carbocycles. The van der Waals surface area contributed by atoms with Gasteiger partial charge < -0.3 is 4.74 Å². The van der Waals surface area contributed by atoms with Gasteiger partial charge in [-0.15, -0.1) is 0 Å². The number of hydrogen-bond donors (Lipinski definition) is 0. The summed E-state index contributed by atoms with van der Waals surface area (Å²) in [6.07, 6.45) is 1.60. The number of carbonyl (C=O) groups is 1. The van der Waals surface area contributed by atoms with Gasteiger partial charge in [0.05, 0.1) is 17.2 Å². The van der Waals surface area contributed by atoms with Crippen molar-refractivity contribution in [3.05, 3.63) is 101 Å². The van der Waals surface area contributed by atoms with Crippen molar-refractivity contribution in [2.45, 2.75) is 0 Å². The van der Waals surface area contributed by atoms with Crippen LogP contribution < -0.4 is 4.74 Å². The van der Waals surface area contributed by atoms with E-state index in [-0.39, 0.29) is 5.75 Å². The highest BCUT2D eigenvalue weighted by molar-refractivity contribution is 5.92. The minimum atomic E-state index is -1.74. The molecule has 0 saturated heterocycles. The van der Waals surface area contributed by atoms with Crippen LogP contribution in [0.4, 0.5) is 13.2 Å². The second-order valence-electron chi connectivity index (χ2n) is 5.72. The molecule has 0 saturated carbocycles. The minimum Gasteiger partial charge on any atom is -0.423 e. The summed E-state index contributed by atoms with van der Waals surface area (Å²) in [7, 11) is 0. The Bertz CT molecular complexity index is 1100. The number of hydrogen-bond acceptors (Lipinski definition) is 3. The Balaban J connectivity index is 1.86. The van der Waals surface area contributed by atoms with Crippen LogP contribution in [0.3, 0.4) is 0 Å². The molecule has 0 aliphatic rings. The van der Waals surface area contributed by atoms with E-state index < -0.39 is 29.0 Å². The molecule has 0 heterocycles. The van der Waals surface area contributed by atoms with Crippen molar-refractivity contribution in [1.82, 2.24) is 0 Å². The number of nitrogens with zero attached hydrogens (tertiary/aromatic N) is 1. The van der Waals surface area contributed by atoms with E-state index in [4.69, 9.17) is 4.74 Å². The number of esters is 1. The summed E-state index contributed by atoms with van der Waals surface area (Å²) in [6.45, 7) is 0. The molecule has 6 heteroatoms. The Kier molecular flexibility index (Phi) is 5.56. The number of benzene rings is 3. The van der Waals surface area contributed by atoms with Gasteiger partial charge in [-0.2, -0.15) is 5.26 Å². The van der Waals surface area contributed by atoms with E-state index in [1.807, 2.05) is 6.07 Å². The highest BCUT2D eigenvalue weighted by atomic mass is 19.2. The summed E-state index contributed by atoms with van der Waals surface area (Å²) in [6, 6.07) is 18.7. The monoisotopic (exact) mass is 379 g/mol. The van der Waals surface area contributed by atoms with Gasteiger partial charge in [0.15, 0.2) is 17.5 Å². The molecular weight excluding hydrogens is 367 g/mol. The number of halogens is 3. The van der Waals surface area contributed by atoms with Gasteiger partial charge in [0.25, 0.3) is 0 Å². The highest BCUT2D eigenvalue weighted by Gasteiger charge is 2.20. The normalized spacial score (nSPS) is 11.0. The predicted molar refractivity (Wildman–Crippen MR) is 97.6 cm³/mol. The lowest BCUT2D eigenvalue weighted by atomic mass is 10.0. The molecule has 138 valence electrons. The van der Waals surface area contributed by atoms with Crippen LogP contribution >= 0.6 is 0 Å². The Morgan fingerprint density at radius 3 is 2.39 bits per heavy atom. The fraction of sp³-hybridized carbons (Fsp3) is 0. The van der Waals surface area contributed by atoms with E-state index in [9.17, 15) is 23.2 Å². The first-order chi connectivity index (χ1) is 13.5. The molecule has 3 aromatic rings. The van der Waals surface area contributed by atoms with Gasteiger partial charge in [0.1, 0.15) is 5.75 Å². The number of carbonyl (C=O) groups excluding carboxylic acids is 1. The lowest BCUT2D eigenvalue weighted by Gasteiger charge is -2.07. The van der Waals surface area contributed by atoms with Gasteiger partial charge in [0.2, 0.25) is 0 Å². The van der Waals surface area contributed by atoms with Crippen molar-refractivity contribution >= 4 is 17.6 Å². The topological polar surface area (TPSA) is 50.1 Å². The third-order valence-corrected chi connectivity index (χ3v) is 3.84. The predicted octanol–water partition coefficient (Wildman–Crippen LogP) is 5.39. The van der Waals surface area contributed by atoms with Gasteiger partial charge in [-0.3, -0.25) is 0 Å². The number of ether oxygens (including phenoxy) is 1. The molecule has 0 aromatic heterocycles. The van der Waals surface area contributed by atoms with Gasteiger partial charge in [-0.1, -0.05) is 42.5 Å². The molecule has 0 aliphatic heterocycles. The molecule has 3 aromatic carbocycles. The van der Waals surface area contributed by atoms with Crippen LogP contribution in [0.2, 0.25) is 0 Å². The van der Waals surface area contributed by atoms with Crippen LogP contribution in [0.15, 0.2) is 66.7 Å². The smallest absolute Gasteiger partial charge is 0.346 e. The van der Waals surface area contributed by atoms with Crippen LogP contribution in [0.1, 0.15) is 21.5 Å². The van der Waals surface area contributed by atoms with Crippen LogP contribution in [0, 0.1) is 28.8 Å². The van der Waals surface area contributed by atoms with Crippen molar-refractivity contribution in [3.63, 3.8) is 0 Å². The molecule has 0 fully saturated rings. The third-order valence-electron chi connectivity index (χ3n) is 3.84. The quantitative estimate of drug-likeness (QED) is 0.201. The first-order valence-electron chi connectivity index (χ1n) is 8.12. The zero-order chi connectivity index (χ0) is 20.1. The van der Waals surface area contributed by atoms with Gasteiger partial charge in [-0.25, -0.2) is 18.0 Å². The molecule has 0 unspecified atom stereocenters. The number of nitriles is 1. The van der Waals surface area contributed by atoms with E-state index in [1.54, 1.807) is 42.5 Å². The summed E-state index contributed by atoms with van der Waals surface area (Å²) in [5, 5.41) is 9.37. The fourth-order valence-corrected chi connectivity index (χ4v) is 2.48. The summed E-state index contributed by atoms with van der Waals surface area (Å²) in [4.78, 5) is 12.1. The Morgan fingerprint density at radius 1 is 0.929 bits per heavy atom. The lowest BCUT2D eigenvalue weighted by molar-refractivity contribution is 0.0728. The Labute approximate surface area is 158 Å².